The summed E-state index contributed by atoms with van der Waals surface area (Å²) in [6, 6.07) is 0.964. The monoisotopic (exact) mass is 576 g/mol. The highest BCUT2D eigenvalue weighted by Crippen LogP contribution is 2.50. The minimum atomic E-state index is -4.67. The van der Waals surface area contributed by atoms with Gasteiger partial charge in [-0.3, -0.25) is 28.5 Å². The number of aromatic amines is 1. The van der Waals surface area contributed by atoms with E-state index >= 15 is 0 Å². The lowest BCUT2D eigenvalue weighted by Gasteiger charge is -2.26. The van der Waals surface area contributed by atoms with Crippen molar-refractivity contribution in [2.75, 3.05) is 20.2 Å². The molecule has 1 aromatic rings. The largest absolute Gasteiger partial charge is 0.480 e. The van der Waals surface area contributed by atoms with Crippen molar-refractivity contribution in [3.63, 3.8) is 0 Å². The van der Waals surface area contributed by atoms with Crippen molar-refractivity contribution in [1.82, 2.24) is 9.55 Å². The van der Waals surface area contributed by atoms with E-state index < -0.39 is 86.1 Å². The van der Waals surface area contributed by atoms with Crippen LogP contribution in [0.4, 0.5) is 0 Å². The summed E-state index contributed by atoms with van der Waals surface area (Å²) in [5, 5.41) is 21.5. The molecule has 218 valence electrons. The number of hydrogen-bond donors (Lipinski definition) is 3. The molecule has 39 heavy (non-hydrogen) atoms. The molecule has 0 radical (unpaired) electrons. The zero-order valence-electron chi connectivity index (χ0n) is 22.4. The standard InChI is InChI=1S/C23H33N2O13P/c1-8-23(31)16(27)14(38-17(23)25-10-9-15(26)24-20(25)30)11-35-39(32,36-12-33-18(28)21(2,3)4)37-13-34-19(29)22(5,6)7/h1,9-10,14,16-17,27,31H,11-13H2,2-7H3,(H,24,26,30)/t14?,16-,17+,23?/m0/s1. The van der Waals surface area contributed by atoms with Crippen molar-refractivity contribution in [1.29, 1.82) is 0 Å². The molecule has 16 heteroatoms. The number of nitrogens with zero attached hydrogens (tertiary/aromatic N) is 1. The maximum atomic E-state index is 13.2. The fraction of sp³-hybridized carbons (Fsp3) is 0.652. The Morgan fingerprint density at radius 3 is 2.05 bits per heavy atom. The van der Waals surface area contributed by atoms with E-state index in [-0.39, 0.29) is 0 Å². The van der Waals surface area contributed by atoms with E-state index in [2.05, 4.69) is 0 Å². The van der Waals surface area contributed by atoms with Crippen molar-refractivity contribution < 1.29 is 52.1 Å². The lowest BCUT2D eigenvalue weighted by atomic mass is 9.95. The van der Waals surface area contributed by atoms with Gasteiger partial charge in [-0.1, -0.05) is 5.92 Å². The molecule has 1 aliphatic heterocycles. The molecule has 0 spiro atoms. The maximum absolute atomic E-state index is 13.2. The van der Waals surface area contributed by atoms with Gasteiger partial charge in [-0.2, -0.15) is 0 Å². The Bertz CT molecular complexity index is 1220. The van der Waals surface area contributed by atoms with Gasteiger partial charge < -0.3 is 24.4 Å². The number of carbonyl (C=O) groups is 2. The average Bonchev–Trinajstić information content (AvgIpc) is 3.07. The number of phosphoric acid groups is 1. The van der Waals surface area contributed by atoms with Crippen LogP contribution >= 0.6 is 7.82 Å². The molecule has 2 unspecified atom stereocenters. The second kappa shape index (κ2) is 12.1. The number of H-pyrrole nitrogens is 1. The van der Waals surface area contributed by atoms with E-state index in [1.165, 1.54) is 0 Å². The first-order chi connectivity index (χ1) is 17.8. The van der Waals surface area contributed by atoms with Crippen LogP contribution in [0.15, 0.2) is 21.9 Å². The number of nitrogens with one attached hydrogen (secondary N) is 1. The molecule has 2 rings (SSSR count). The van der Waals surface area contributed by atoms with E-state index in [1.807, 2.05) is 10.9 Å². The first-order valence-electron chi connectivity index (χ1n) is 11.6. The van der Waals surface area contributed by atoms with Crippen molar-refractivity contribution in [2.45, 2.75) is 65.6 Å². The van der Waals surface area contributed by atoms with E-state index in [4.69, 9.17) is 34.2 Å². The number of hydrogen-bond acceptors (Lipinski definition) is 13. The predicted molar refractivity (Wildman–Crippen MR) is 132 cm³/mol. The first-order valence-corrected chi connectivity index (χ1v) is 13.0. The number of aromatic nitrogens is 2. The number of aliphatic hydroxyl groups is 2. The number of esters is 2. The van der Waals surface area contributed by atoms with Crippen LogP contribution in [0.5, 0.6) is 0 Å². The molecule has 0 bridgehead atoms. The van der Waals surface area contributed by atoms with Gasteiger partial charge in [0, 0.05) is 12.3 Å². The normalized spacial score (nSPS) is 23.7. The van der Waals surface area contributed by atoms with E-state index in [0.717, 1.165) is 16.8 Å². The van der Waals surface area contributed by atoms with Crippen LogP contribution in [0.25, 0.3) is 0 Å². The van der Waals surface area contributed by atoms with Gasteiger partial charge in [-0.25, -0.2) is 18.4 Å². The third kappa shape index (κ3) is 8.09. The molecule has 1 fully saturated rings. The van der Waals surface area contributed by atoms with Crippen LogP contribution in [-0.4, -0.2) is 69.7 Å². The third-order valence-electron chi connectivity index (χ3n) is 5.24. The molecule has 1 saturated heterocycles. The molecule has 1 aromatic heterocycles. The van der Waals surface area contributed by atoms with Crippen LogP contribution in [0.1, 0.15) is 47.8 Å². The number of rotatable bonds is 10. The summed E-state index contributed by atoms with van der Waals surface area (Å²) in [7, 11) is -4.67. The van der Waals surface area contributed by atoms with Crippen LogP contribution in [0.3, 0.4) is 0 Å². The molecule has 0 saturated carbocycles. The highest BCUT2D eigenvalue weighted by atomic mass is 31.2. The Hall–Kier alpha value is -2.83. The molecule has 1 aliphatic rings. The smallest absolute Gasteiger partial charge is 0.437 e. The second-order valence-electron chi connectivity index (χ2n) is 10.6. The van der Waals surface area contributed by atoms with Crippen LogP contribution in [-0.2, 0) is 41.9 Å². The fourth-order valence-electron chi connectivity index (χ4n) is 2.95. The highest BCUT2D eigenvalue weighted by molar-refractivity contribution is 7.48. The van der Waals surface area contributed by atoms with E-state index in [0.29, 0.717) is 0 Å². The zero-order chi connectivity index (χ0) is 29.8. The summed E-state index contributed by atoms with van der Waals surface area (Å²) >= 11 is 0. The van der Waals surface area contributed by atoms with Crippen LogP contribution in [0.2, 0.25) is 0 Å². The number of phosphoric ester groups is 1. The Balaban J connectivity index is 2.19. The Kier molecular flexibility index (Phi) is 10.1. The third-order valence-corrected chi connectivity index (χ3v) is 6.55. The van der Waals surface area contributed by atoms with Gasteiger partial charge in [-0.05, 0) is 41.5 Å². The lowest BCUT2D eigenvalue weighted by molar-refractivity contribution is -0.163. The minimum absolute atomic E-state index is 0.698. The Labute approximate surface area is 223 Å². The van der Waals surface area contributed by atoms with Crippen LogP contribution < -0.4 is 11.2 Å². The van der Waals surface area contributed by atoms with Crippen molar-refractivity contribution in [3.05, 3.63) is 33.1 Å². The van der Waals surface area contributed by atoms with Gasteiger partial charge >= 0.3 is 25.5 Å². The predicted octanol–water partition coefficient (Wildman–Crippen LogP) is 0.411. The average molecular weight is 576 g/mol. The summed E-state index contributed by atoms with van der Waals surface area (Å²) in [6.07, 6.45) is 1.31. The van der Waals surface area contributed by atoms with Gasteiger partial charge in [-0.15, -0.1) is 6.42 Å². The quantitative estimate of drug-likeness (QED) is 0.150. The number of aliphatic hydroxyl groups excluding tert-OH is 1. The molecule has 0 aromatic carbocycles. The number of ether oxygens (including phenoxy) is 3. The molecule has 2 heterocycles. The van der Waals surface area contributed by atoms with Gasteiger partial charge in [0.05, 0.1) is 17.4 Å². The molecule has 4 atom stereocenters. The van der Waals surface area contributed by atoms with Gasteiger partial charge in [0.25, 0.3) is 5.56 Å². The summed E-state index contributed by atoms with van der Waals surface area (Å²) in [5.74, 6) is 0.560. The van der Waals surface area contributed by atoms with E-state index in [1.54, 1.807) is 41.5 Å². The number of terminal acetylenes is 1. The molecule has 15 nitrogen and oxygen atoms in total. The van der Waals surface area contributed by atoms with Crippen molar-refractivity contribution in [2.24, 2.45) is 10.8 Å². The first kappa shape index (κ1) is 32.4. The molecule has 0 aliphatic carbocycles. The fourth-order valence-corrected chi connectivity index (χ4v) is 3.87. The topological polar surface area (TPSA) is 202 Å². The van der Waals surface area contributed by atoms with Crippen molar-refractivity contribution >= 4 is 19.8 Å². The van der Waals surface area contributed by atoms with Gasteiger partial charge in [0.2, 0.25) is 13.6 Å². The highest BCUT2D eigenvalue weighted by Gasteiger charge is 2.56. The van der Waals surface area contributed by atoms with Crippen molar-refractivity contribution in [3.8, 4) is 12.3 Å². The SMILES string of the molecule is C#CC1(O)[C@@H](O)C(COP(=O)(OCOC(=O)C(C)(C)C)OCOC(=O)C(C)(C)C)O[C@H]1n1ccc(=O)[nH]c1=O. The molecule has 3 N–H and O–H groups in total. The lowest BCUT2D eigenvalue weighted by Crippen LogP contribution is -2.48. The minimum Gasteiger partial charge on any atom is -0.437 e. The van der Waals surface area contributed by atoms with Crippen LogP contribution in [0, 0.1) is 23.2 Å². The summed E-state index contributed by atoms with van der Waals surface area (Å²) < 4.78 is 44.6. The summed E-state index contributed by atoms with van der Waals surface area (Å²) in [4.78, 5) is 49.6. The van der Waals surface area contributed by atoms with E-state index in [9.17, 15) is 34.0 Å². The number of carbonyl (C=O) groups excluding carboxylic acids is 2. The van der Waals surface area contributed by atoms with Gasteiger partial charge in [0.1, 0.15) is 12.2 Å². The maximum Gasteiger partial charge on any atom is 0.480 e. The molecular weight excluding hydrogens is 543 g/mol. The second-order valence-corrected chi connectivity index (χ2v) is 12.2. The molecule has 0 amide bonds. The Morgan fingerprint density at radius 2 is 1.62 bits per heavy atom. The van der Waals surface area contributed by atoms with Gasteiger partial charge in [0.15, 0.2) is 11.8 Å². The Morgan fingerprint density at radius 1 is 1.10 bits per heavy atom. The summed E-state index contributed by atoms with van der Waals surface area (Å²) in [5.41, 5.74) is -6.02. The molecular formula is C23H33N2O13P. The summed E-state index contributed by atoms with van der Waals surface area (Å²) in [6.45, 7) is 6.89. The zero-order valence-corrected chi connectivity index (χ0v) is 23.3.